The third-order valence-electron chi connectivity index (χ3n) is 3.74. The van der Waals surface area contributed by atoms with Crippen LogP contribution in [0.1, 0.15) is 18.1 Å². The molecule has 25 heavy (non-hydrogen) atoms. The fraction of sp³-hybridized carbons (Fsp3) is 0.176. The number of aliphatic carboxylic acids is 1. The number of thioether (sulfide) groups is 1. The minimum absolute atomic E-state index is 0.219. The lowest BCUT2D eigenvalue weighted by Crippen LogP contribution is -2.33. The van der Waals surface area contributed by atoms with E-state index in [9.17, 15) is 9.59 Å². The molecule has 1 aliphatic rings. The van der Waals surface area contributed by atoms with Crippen molar-refractivity contribution in [3.63, 3.8) is 0 Å². The number of para-hydroxylation sites is 1. The molecule has 0 aliphatic carbocycles. The number of fused-ring (bicyclic) bond motifs is 1. The zero-order valence-electron chi connectivity index (χ0n) is 13.2. The molecule has 1 aliphatic heterocycles. The van der Waals surface area contributed by atoms with Crippen LogP contribution < -0.4 is 0 Å². The Morgan fingerprint density at radius 1 is 1.48 bits per heavy atom. The first kappa shape index (κ1) is 17.8. The Hall–Kier alpha value is -1.96. The molecule has 0 saturated carbocycles. The molecule has 5 nitrogen and oxygen atoms in total. The molecule has 128 valence electrons. The maximum atomic E-state index is 12.4. The molecule has 1 fully saturated rings. The predicted octanol–water partition coefficient (Wildman–Crippen LogP) is 3.74. The Kier molecular flexibility index (Phi) is 5.08. The molecule has 2 heterocycles. The highest BCUT2D eigenvalue weighted by atomic mass is 35.5. The molecule has 8 heteroatoms. The Labute approximate surface area is 158 Å². The van der Waals surface area contributed by atoms with E-state index in [1.54, 1.807) is 6.08 Å². The van der Waals surface area contributed by atoms with E-state index in [4.69, 9.17) is 28.9 Å². The van der Waals surface area contributed by atoms with Gasteiger partial charge in [-0.2, -0.15) is 0 Å². The third-order valence-corrected chi connectivity index (χ3v) is 5.42. The number of carbonyl (C=O) groups is 2. The summed E-state index contributed by atoms with van der Waals surface area (Å²) < 4.78 is 0.219. The number of carbonyl (C=O) groups excluding carboxylic acids is 1. The third kappa shape index (κ3) is 3.53. The molecule has 1 amide bonds. The number of hydrogen-bond acceptors (Lipinski definition) is 5. The largest absolute Gasteiger partial charge is 0.480 e. The molecule has 1 N–H and O–H groups in total. The monoisotopic (exact) mass is 392 g/mol. The summed E-state index contributed by atoms with van der Waals surface area (Å²) in [5.41, 5.74) is 2.53. The molecule has 0 unspecified atom stereocenters. The quantitative estimate of drug-likeness (QED) is 0.485. The lowest BCUT2D eigenvalue weighted by atomic mass is 10.1. The number of halogens is 1. The van der Waals surface area contributed by atoms with Gasteiger partial charge in [0.2, 0.25) is 0 Å². The number of aromatic nitrogens is 1. The Bertz CT molecular complexity index is 943. The molecular weight excluding hydrogens is 380 g/mol. The van der Waals surface area contributed by atoms with Crippen molar-refractivity contribution >= 4 is 68.8 Å². The molecule has 1 aromatic heterocycles. The summed E-state index contributed by atoms with van der Waals surface area (Å²) in [4.78, 5) is 29.1. The smallest absolute Gasteiger partial charge is 0.323 e. The van der Waals surface area contributed by atoms with Crippen LogP contribution in [0.2, 0.25) is 5.15 Å². The average Bonchev–Trinajstić information content (AvgIpc) is 2.82. The number of benzene rings is 1. The van der Waals surface area contributed by atoms with Gasteiger partial charge in [-0.05, 0) is 24.1 Å². The summed E-state index contributed by atoms with van der Waals surface area (Å²) in [7, 11) is 0. The standard InChI is InChI=1S/C17H13ClN2O3S2/c1-2-9-4-3-5-10-6-11(15(18)19-14(9)10)7-12-16(23)20(8-13(21)22)17(24)25-12/h3-7H,2,8H2,1H3,(H,21,22)/b12-7-. The van der Waals surface area contributed by atoms with Gasteiger partial charge in [0.1, 0.15) is 16.0 Å². The maximum absolute atomic E-state index is 12.4. The number of hydrogen-bond donors (Lipinski definition) is 1. The van der Waals surface area contributed by atoms with Crippen LogP contribution in [-0.2, 0) is 16.0 Å². The summed E-state index contributed by atoms with van der Waals surface area (Å²) in [6.07, 6.45) is 2.45. The van der Waals surface area contributed by atoms with Crippen molar-refractivity contribution in [2.75, 3.05) is 6.54 Å². The summed E-state index contributed by atoms with van der Waals surface area (Å²) in [5, 5.41) is 10.1. The van der Waals surface area contributed by atoms with E-state index in [1.807, 2.05) is 31.2 Å². The van der Waals surface area contributed by atoms with Crippen molar-refractivity contribution < 1.29 is 14.7 Å². The van der Waals surface area contributed by atoms with Crippen molar-refractivity contribution in [2.45, 2.75) is 13.3 Å². The summed E-state index contributed by atoms with van der Waals surface area (Å²) in [6.45, 7) is 1.59. The Balaban J connectivity index is 2.01. The number of pyridine rings is 1. The first-order valence-electron chi connectivity index (χ1n) is 7.46. The fourth-order valence-electron chi connectivity index (χ4n) is 2.55. The van der Waals surface area contributed by atoms with Crippen LogP contribution in [0.5, 0.6) is 0 Å². The summed E-state index contributed by atoms with van der Waals surface area (Å²) in [5.74, 6) is -1.55. The topological polar surface area (TPSA) is 70.5 Å². The zero-order chi connectivity index (χ0) is 18.1. The van der Waals surface area contributed by atoms with Gasteiger partial charge in [0, 0.05) is 10.9 Å². The highest BCUT2D eigenvalue weighted by Crippen LogP contribution is 2.34. The molecule has 1 saturated heterocycles. The SMILES string of the molecule is CCc1cccc2cc(/C=C3\SC(=S)N(CC(=O)O)C3=O)c(Cl)nc12. The van der Waals surface area contributed by atoms with Crippen molar-refractivity contribution in [1.82, 2.24) is 9.88 Å². The van der Waals surface area contributed by atoms with E-state index in [2.05, 4.69) is 4.98 Å². The van der Waals surface area contributed by atoms with Gasteiger partial charge in [-0.3, -0.25) is 14.5 Å². The molecule has 0 bridgehead atoms. The van der Waals surface area contributed by atoms with E-state index in [0.29, 0.717) is 10.5 Å². The van der Waals surface area contributed by atoms with Gasteiger partial charge in [-0.1, -0.05) is 60.7 Å². The highest BCUT2D eigenvalue weighted by Gasteiger charge is 2.33. The normalized spacial score (nSPS) is 16.2. The van der Waals surface area contributed by atoms with E-state index in [1.165, 1.54) is 0 Å². The zero-order valence-corrected chi connectivity index (χ0v) is 15.5. The van der Waals surface area contributed by atoms with E-state index in [-0.39, 0.29) is 9.47 Å². The molecule has 0 atom stereocenters. The molecule has 0 spiro atoms. The number of amides is 1. The van der Waals surface area contributed by atoms with Crippen molar-refractivity contribution in [3.8, 4) is 0 Å². The van der Waals surface area contributed by atoms with Crippen molar-refractivity contribution in [3.05, 3.63) is 45.5 Å². The van der Waals surface area contributed by atoms with Crippen LogP contribution in [0.3, 0.4) is 0 Å². The van der Waals surface area contributed by atoms with Gasteiger partial charge < -0.3 is 5.11 Å². The van der Waals surface area contributed by atoms with E-state index in [0.717, 1.165) is 39.5 Å². The fourth-order valence-corrected chi connectivity index (χ4v) is 3.99. The number of carboxylic acid groups (broad SMARTS) is 1. The lowest BCUT2D eigenvalue weighted by molar-refractivity contribution is -0.140. The summed E-state index contributed by atoms with van der Waals surface area (Å²) in [6, 6.07) is 7.76. The van der Waals surface area contributed by atoms with Gasteiger partial charge in [-0.15, -0.1) is 0 Å². The number of nitrogens with zero attached hydrogens (tertiary/aromatic N) is 2. The Morgan fingerprint density at radius 3 is 2.92 bits per heavy atom. The minimum atomic E-state index is -1.12. The molecular formula is C17H13ClN2O3S2. The predicted molar refractivity (Wildman–Crippen MR) is 104 cm³/mol. The van der Waals surface area contributed by atoms with Crippen LogP contribution in [0.25, 0.3) is 17.0 Å². The number of carboxylic acids is 1. The first-order valence-corrected chi connectivity index (χ1v) is 9.06. The van der Waals surface area contributed by atoms with Crippen LogP contribution in [-0.4, -0.2) is 37.7 Å². The van der Waals surface area contributed by atoms with E-state index < -0.39 is 18.4 Å². The Morgan fingerprint density at radius 2 is 2.24 bits per heavy atom. The van der Waals surface area contributed by atoms with Crippen LogP contribution >= 0.6 is 35.6 Å². The average molecular weight is 393 g/mol. The van der Waals surface area contributed by atoms with Crippen molar-refractivity contribution in [2.24, 2.45) is 0 Å². The number of rotatable bonds is 4. The second-order valence-electron chi connectivity index (χ2n) is 5.37. The van der Waals surface area contributed by atoms with E-state index >= 15 is 0 Å². The molecule has 2 aromatic rings. The first-order chi connectivity index (χ1) is 11.9. The van der Waals surface area contributed by atoms with Crippen LogP contribution in [0.15, 0.2) is 29.2 Å². The molecule has 0 radical (unpaired) electrons. The minimum Gasteiger partial charge on any atom is -0.480 e. The second kappa shape index (κ2) is 7.11. The van der Waals surface area contributed by atoms with Crippen molar-refractivity contribution in [1.29, 1.82) is 0 Å². The highest BCUT2D eigenvalue weighted by molar-refractivity contribution is 8.26. The molecule has 3 rings (SSSR count). The lowest BCUT2D eigenvalue weighted by Gasteiger charge is -2.10. The van der Waals surface area contributed by atoms with Gasteiger partial charge in [-0.25, -0.2) is 4.98 Å². The summed E-state index contributed by atoms with van der Waals surface area (Å²) >= 11 is 12.4. The van der Waals surface area contributed by atoms with Gasteiger partial charge in [0.15, 0.2) is 0 Å². The van der Waals surface area contributed by atoms with Gasteiger partial charge >= 0.3 is 5.97 Å². The van der Waals surface area contributed by atoms with Gasteiger partial charge in [0.05, 0.1) is 10.4 Å². The van der Waals surface area contributed by atoms with Crippen LogP contribution in [0, 0.1) is 0 Å². The second-order valence-corrected chi connectivity index (χ2v) is 7.41. The van der Waals surface area contributed by atoms with Gasteiger partial charge in [0.25, 0.3) is 5.91 Å². The number of thiocarbonyl (C=S) groups is 1. The van der Waals surface area contributed by atoms with Crippen LogP contribution in [0.4, 0.5) is 0 Å². The maximum Gasteiger partial charge on any atom is 0.323 e. The number of aryl methyl sites for hydroxylation is 1. The molecule has 1 aromatic carbocycles.